The zero-order valence-corrected chi connectivity index (χ0v) is 14.1. The van der Waals surface area contributed by atoms with Crippen molar-refractivity contribution in [1.82, 2.24) is 15.6 Å². The van der Waals surface area contributed by atoms with E-state index < -0.39 is 11.8 Å². The van der Waals surface area contributed by atoms with Crippen molar-refractivity contribution >= 4 is 29.6 Å². The number of hydrogen-bond donors (Lipinski definition) is 2. The van der Waals surface area contributed by atoms with Gasteiger partial charge in [-0.2, -0.15) is 5.10 Å². The lowest BCUT2D eigenvalue weighted by Gasteiger charge is -2.26. The Bertz CT molecular complexity index is 588. The maximum Gasteiger partial charge on any atom is 0.329 e. The Hall–Kier alpha value is -1.96. The van der Waals surface area contributed by atoms with Gasteiger partial charge in [0.1, 0.15) is 0 Å². The van der Waals surface area contributed by atoms with Crippen LogP contribution in [0.5, 0.6) is 0 Å². The summed E-state index contributed by atoms with van der Waals surface area (Å²) >= 11 is 5.96. The van der Waals surface area contributed by atoms with E-state index in [2.05, 4.69) is 20.7 Å². The highest BCUT2D eigenvalue weighted by Gasteiger charge is 2.13. The molecule has 0 atom stereocenters. The highest BCUT2D eigenvalue weighted by Crippen LogP contribution is 2.11. The number of hydrogen-bond acceptors (Lipinski definition) is 5. The molecule has 0 saturated carbocycles. The van der Waals surface area contributed by atoms with Crippen LogP contribution in [0.25, 0.3) is 0 Å². The van der Waals surface area contributed by atoms with Crippen LogP contribution in [0, 0.1) is 0 Å². The fourth-order valence-corrected chi connectivity index (χ4v) is 2.39. The molecule has 1 heterocycles. The molecule has 1 fully saturated rings. The smallest absolute Gasteiger partial charge is 0.329 e. The van der Waals surface area contributed by atoms with Crippen LogP contribution >= 0.6 is 11.6 Å². The van der Waals surface area contributed by atoms with E-state index in [1.54, 1.807) is 24.3 Å². The summed E-state index contributed by atoms with van der Waals surface area (Å²) in [7, 11) is 0. The van der Waals surface area contributed by atoms with Crippen LogP contribution in [0.3, 0.4) is 0 Å². The van der Waals surface area contributed by atoms with Crippen molar-refractivity contribution in [2.24, 2.45) is 5.10 Å². The van der Waals surface area contributed by atoms with Crippen molar-refractivity contribution in [2.45, 2.75) is 6.42 Å². The first kappa shape index (κ1) is 18.4. The molecular formula is C16H21ClN4O3. The van der Waals surface area contributed by atoms with Crippen LogP contribution in [0.15, 0.2) is 29.4 Å². The molecule has 2 rings (SSSR count). The van der Waals surface area contributed by atoms with Gasteiger partial charge in [-0.3, -0.25) is 14.5 Å². The third kappa shape index (κ3) is 6.27. The number of amides is 2. The molecule has 0 spiro atoms. The molecule has 0 unspecified atom stereocenters. The van der Waals surface area contributed by atoms with E-state index in [9.17, 15) is 9.59 Å². The number of hydrazone groups is 1. The van der Waals surface area contributed by atoms with Gasteiger partial charge in [0.05, 0.1) is 19.4 Å². The molecule has 1 saturated heterocycles. The third-order valence-electron chi connectivity index (χ3n) is 3.52. The Morgan fingerprint density at radius 3 is 2.75 bits per heavy atom. The summed E-state index contributed by atoms with van der Waals surface area (Å²) in [5.74, 6) is -1.50. The molecule has 2 N–H and O–H groups in total. The van der Waals surface area contributed by atoms with Gasteiger partial charge in [0.25, 0.3) is 0 Å². The molecule has 8 heteroatoms. The first-order chi connectivity index (χ1) is 11.7. The van der Waals surface area contributed by atoms with Crippen molar-refractivity contribution in [2.75, 3.05) is 39.4 Å². The molecule has 2 amide bonds. The summed E-state index contributed by atoms with van der Waals surface area (Å²) in [6, 6.07) is 7.06. The van der Waals surface area contributed by atoms with Gasteiger partial charge in [-0.1, -0.05) is 29.8 Å². The number of nitrogens with zero attached hydrogens (tertiary/aromatic N) is 2. The number of morpholine rings is 1. The van der Waals surface area contributed by atoms with Crippen LogP contribution in [-0.2, 0) is 14.3 Å². The minimum Gasteiger partial charge on any atom is -0.379 e. The van der Waals surface area contributed by atoms with Crippen molar-refractivity contribution in [1.29, 1.82) is 0 Å². The molecule has 0 aromatic heterocycles. The van der Waals surface area contributed by atoms with Crippen LogP contribution in [0.4, 0.5) is 0 Å². The van der Waals surface area contributed by atoms with E-state index >= 15 is 0 Å². The SMILES string of the molecule is O=C(NCCCN1CCOCC1)C(=O)N/N=C\c1ccccc1Cl. The van der Waals surface area contributed by atoms with Gasteiger partial charge in [-0.15, -0.1) is 0 Å². The first-order valence-corrected chi connectivity index (χ1v) is 8.20. The number of ether oxygens (including phenoxy) is 1. The van der Waals surface area contributed by atoms with E-state index in [4.69, 9.17) is 16.3 Å². The predicted octanol–water partition coefficient (Wildman–Crippen LogP) is 0.629. The summed E-state index contributed by atoms with van der Waals surface area (Å²) in [4.78, 5) is 25.5. The minimum absolute atomic E-state index is 0.442. The van der Waals surface area contributed by atoms with Gasteiger partial charge in [0.15, 0.2) is 0 Å². The summed E-state index contributed by atoms with van der Waals surface area (Å²) in [5.41, 5.74) is 2.84. The largest absolute Gasteiger partial charge is 0.379 e. The van der Waals surface area contributed by atoms with Gasteiger partial charge in [-0.05, 0) is 19.0 Å². The van der Waals surface area contributed by atoms with E-state index in [1.165, 1.54) is 6.21 Å². The average Bonchev–Trinajstić information content (AvgIpc) is 2.61. The number of halogens is 1. The molecule has 130 valence electrons. The third-order valence-corrected chi connectivity index (χ3v) is 3.87. The zero-order chi connectivity index (χ0) is 17.2. The monoisotopic (exact) mass is 352 g/mol. The van der Waals surface area contributed by atoms with E-state index in [1.807, 2.05) is 0 Å². The van der Waals surface area contributed by atoms with Gasteiger partial charge in [0.2, 0.25) is 0 Å². The normalized spacial score (nSPS) is 15.4. The molecule has 1 aliphatic heterocycles. The molecule has 1 aromatic rings. The molecule has 1 aromatic carbocycles. The number of carbonyl (C=O) groups is 2. The summed E-state index contributed by atoms with van der Waals surface area (Å²) < 4.78 is 5.27. The fourth-order valence-electron chi connectivity index (χ4n) is 2.20. The minimum atomic E-state index is -0.801. The second-order valence-electron chi connectivity index (χ2n) is 5.28. The van der Waals surface area contributed by atoms with Crippen molar-refractivity contribution in [3.63, 3.8) is 0 Å². The molecule has 24 heavy (non-hydrogen) atoms. The highest BCUT2D eigenvalue weighted by molar-refractivity contribution is 6.35. The molecule has 7 nitrogen and oxygen atoms in total. The summed E-state index contributed by atoms with van der Waals surface area (Å²) in [6.45, 7) is 4.63. The van der Waals surface area contributed by atoms with Crippen LogP contribution in [0.2, 0.25) is 5.02 Å². The van der Waals surface area contributed by atoms with Gasteiger partial charge in [0, 0.05) is 30.2 Å². The van der Waals surface area contributed by atoms with Crippen LogP contribution in [-0.4, -0.2) is 62.3 Å². The predicted molar refractivity (Wildman–Crippen MR) is 92.1 cm³/mol. The first-order valence-electron chi connectivity index (χ1n) is 7.82. The number of rotatable bonds is 6. The molecule has 1 aliphatic rings. The standard InChI is InChI=1S/C16H21ClN4O3/c17-14-5-2-1-4-13(14)12-19-20-16(23)15(22)18-6-3-7-21-8-10-24-11-9-21/h1-2,4-5,12H,3,6-11H2,(H,18,22)(H,20,23)/b19-12-. The maximum absolute atomic E-state index is 11.6. The van der Waals surface area contributed by atoms with Crippen LogP contribution in [0.1, 0.15) is 12.0 Å². The van der Waals surface area contributed by atoms with E-state index in [0.29, 0.717) is 17.1 Å². The highest BCUT2D eigenvalue weighted by atomic mass is 35.5. The number of carbonyl (C=O) groups excluding carboxylic acids is 2. The van der Waals surface area contributed by atoms with Gasteiger partial charge < -0.3 is 10.1 Å². The Morgan fingerprint density at radius 1 is 1.25 bits per heavy atom. The maximum atomic E-state index is 11.6. The Balaban J connectivity index is 1.63. The lowest BCUT2D eigenvalue weighted by molar-refractivity contribution is -0.139. The topological polar surface area (TPSA) is 83.0 Å². The average molecular weight is 353 g/mol. The fraction of sp³-hybridized carbons (Fsp3) is 0.438. The van der Waals surface area contributed by atoms with Crippen LogP contribution < -0.4 is 10.7 Å². The lowest BCUT2D eigenvalue weighted by atomic mass is 10.2. The Labute approximate surface area is 146 Å². The Kier molecular flexibility index (Phi) is 7.67. The van der Waals surface area contributed by atoms with Crippen molar-refractivity contribution in [3.05, 3.63) is 34.9 Å². The summed E-state index contributed by atoms with van der Waals surface area (Å²) in [6.07, 6.45) is 2.17. The van der Waals surface area contributed by atoms with E-state index in [-0.39, 0.29) is 0 Å². The van der Waals surface area contributed by atoms with Crippen molar-refractivity contribution in [3.8, 4) is 0 Å². The lowest BCUT2D eigenvalue weighted by Crippen LogP contribution is -2.40. The molecule has 0 aliphatic carbocycles. The quantitative estimate of drug-likeness (QED) is 0.340. The Morgan fingerprint density at radius 2 is 2.00 bits per heavy atom. The van der Waals surface area contributed by atoms with Crippen molar-refractivity contribution < 1.29 is 14.3 Å². The van der Waals surface area contributed by atoms with E-state index in [0.717, 1.165) is 39.3 Å². The number of nitrogens with one attached hydrogen (secondary N) is 2. The van der Waals surface area contributed by atoms with Gasteiger partial charge in [-0.25, -0.2) is 5.43 Å². The second-order valence-corrected chi connectivity index (χ2v) is 5.69. The number of benzene rings is 1. The molecular weight excluding hydrogens is 332 g/mol. The second kappa shape index (κ2) is 10.0. The molecule has 0 bridgehead atoms. The molecule has 0 radical (unpaired) electrons. The zero-order valence-electron chi connectivity index (χ0n) is 13.3. The summed E-state index contributed by atoms with van der Waals surface area (Å²) in [5, 5.41) is 6.82. The van der Waals surface area contributed by atoms with Gasteiger partial charge >= 0.3 is 11.8 Å².